The van der Waals surface area contributed by atoms with E-state index in [9.17, 15) is 0 Å². The van der Waals surface area contributed by atoms with Gasteiger partial charge in [0.05, 0.1) is 6.61 Å². The minimum atomic E-state index is 0.431. The third-order valence-corrected chi connectivity index (χ3v) is 4.43. The van der Waals surface area contributed by atoms with E-state index in [0.29, 0.717) is 6.04 Å². The van der Waals surface area contributed by atoms with Crippen molar-refractivity contribution in [2.75, 3.05) is 33.8 Å². The average molecular weight is 310 g/mol. The van der Waals surface area contributed by atoms with Gasteiger partial charge in [-0.05, 0) is 25.7 Å². The van der Waals surface area contributed by atoms with Gasteiger partial charge in [-0.2, -0.15) is 0 Å². The van der Waals surface area contributed by atoms with Crippen LogP contribution in [0.5, 0.6) is 5.75 Å². The maximum atomic E-state index is 5.84. The van der Waals surface area contributed by atoms with Crippen molar-refractivity contribution in [3.8, 4) is 5.75 Å². The molecular formula is C20H26N2O. The molecule has 0 spiro atoms. The molecule has 0 amide bonds. The van der Waals surface area contributed by atoms with Crippen molar-refractivity contribution < 1.29 is 4.74 Å². The molecule has 0 fully saturated rings. The molecule has 0 saturated carbocycles. The molecule has 1 aliphatic heterocycles. The summed E-state index contributed by atoms with van der Waals surface area (Å²) in [6, 6.07) is 19.7. The number of benzene rings is 2. The van der Waals surface area contributed by atoms with Gasteiger partial charge in [-0.15, -0.1) is 0 Å². The lowest BCUT2D eigenvalue weighted by Gasteiger charge is -2.36. The van der Waals surface area contributed by atoms with E-state index in [2.05, 4.69) is 78.5 Å². The van der Waals surface area contributed by atoms with Crippen LogP contribution in [0.4, 0.5) is 0 Å². The normalized spacial score (nSPS) is 17.1. The van der Waals surface area contributed by atoms with Crippen LogP contribution in [0, 0.1) is 0 Å². The molecule has 0 N–H and O–H groups in total. The number of ether oxygens (including phenoxy) is 1. The van der Waals surface area contributed by atoms with Crippen molar-refractivity contribution in [1.82, 2.24) is 9.80 Å². The Morgan fingerprint density at radius 1 is 0.957 bits per heavy atom. The Kier molecular flexibility index (Phi) is 5.31. The van der Waals surface area contributed by atoms with Crippen LogP contribution in [-0.2, 0) is 6.54 Å². The molecule has 0 radical (unpaired) electrons. The summed E-state index contributed by atoms with van der Waals surface area (Å²) in [4.78, 5) is 4.85. The summed E-state index contributed by atoms with van der Waals surface area (Å²) in [5.41, 5.74) is 2.70. The third-order valence-electron chi connectivity index (χ3n) is 4.43. The summed E-state index contributed by atoms with van der Waals surface area (Å²) in [5.74, 6) is 1.05. The van der Waals surface area contributed by atoms with Crippen molar-refractivity contribution >= 4 is 0 Å². The van der Waals surface area contributed by atoms with E-state index >= 15 is 0 Å². The molecule has 122 valence electrons. The second-order valence-corrected chi connectivity index (χ2v) is 6.45. The molecule has 1 aliphatic rings. The predicted octanol–water partition coefficient (Wildman–Crippen LogP) is 3.57. The number of hydrogen-bond donors (Lipinski definition) is 0. The van der Waals surface area contributed by atoms with Crippen LogP contribution in [0.25, 0.3) is 0 Å². The Labute approximate surface area is 139 Å². The molecule has 0 aromatic heterocycles. The first-order valence-electron chi connectivity index (χ1n) is 8.38. The summed E-state index contributed by atoms with van der Waals surface area (Å²) in [6.07, 6.45) is 1.05. The fourth-order valence-corrected chi connectivity index (χ4v) is 3.19. The zero-order valence-electron chi connectivity index (χ0n) is 14.1. The quantitative estimate of drug-likeness (QED) is 0.811. The average Bonchev–Trinajstić information content (AvgIpc) is 2.59. The SMILES string of the molecule is CN(C)CCN(Cc1ccccc1)[C@H]1CCOc2ccccc21. The summed E-state index contributed by atoms with van der Waals surface area (Å²) in [5, 5.41) is 0. The first-order valence-corrected chi connectivity index (χ1v) is 8.38. The molecule has 2 aromatic rings. The van der Waals surface area contributed by atoms with E-state index in [4.69, 9.17) is 4.74 Å². The lowest BCUT2D eigenvalue weighted by molar-refractivity contribution is 0.124. The van der Waals surface area contributed by atoms with Gasteiger partial charge in [0.25, 0.3) is 0 Å². The molecule has 0 saturated heterocycles. The van der Waals surface area contributed by atoms with Crippen LogP contribution in [0.3, 0.4) is 0 Å². The van der Waals surface area contributed by atoms with Gasteiger partial charge in [0, 0.05) is 37.7 Å². The number of fused-ring (bicyclic) bond motifs is 1. The monoisotopic (exact) mass is 310 g/mol. The predicted molar refractivity (Wildman–Crippen MR) is 94.7 cm³/mol. The van der Waals surface area contributed by atoms with Gasteiger partial charge in [0.2, 0.25) is 0 Å². The minimum Gasteiger partial charge on any atom is -0.493 e. The zero-order chi connectivity index (χ0) is 16.1. The van der Waals surface area contributed by atoms with Crippen LogP contribution in [0.2, 0.25) is 0 Å². The topological polar surface area (TPSA) is 15.7 Å². The highest BCUT2D eigenvalue weighted by Gasteiger charge is 2.26. The van der Waals surface area contributed by atoms with E-state index in [1.54, 1.807) is 0 Å². The first-order chi connectivity index (χ1) is 11.2. The van der Waals surface area contributed by atoms with Crippen molar-refractivity contribution in [3.63, 3.8) is 0 Å². The Morgan fingerprint density at radius 2 is 1.70 bits per heavy atom. The molecule has 0 unspecified atom stereocenters. The van der Waals surface area contributed by atoms with Gasteiger partial charge in [-0.25, -0.2) is 0 Å². The van der Waals surface area contributed by atoms with Gasteiger partial charge in [-0.3, -0.25) is 4.90 Å². The van der Waals surface area contributed by atoms with Crippen molar-refractivity contribution in [2.24, 2.45) is 0 Å². The van der Waals surface area contributed by atoms with E-state index in [1.807, 2.05) is 0 Å². The number of hydrogen-bond acceptors (Lipinski definition) is 3. The van der Waals surface area contributed by atoms with Gasteiger partial charge in [0.15, 0.2) is 0 Å². The molecular weight excluding hydrogens is 284 g/mol. The largest absolute Gasteiger partial charge is 0.493 e. The van der Waals surface area contributed by atoms with Crippen molar-refractivity contribution in [2.45, 2.75) is 19.0 Å². The maximum Gasteiger partial charge on any atom is 0.124 e. The molecule has 3 heteroatoms. The summed E-state index contributed by atoms with van der Waals surface area (Å²) >= 11 is 0. The molecule has 0 bridgehead atoms. The summed E-state index contributed by atoms with van der Waals surface area (Å²) in [7, 11) is 4.28. The van der Waals surface area contributed by atoms with E-state index in [1.165, 1.54) is 11.1 Å². The highest BCUT2D eigenvalue weighted by Crippen LogP contribution is 2.36. The van der Waals surface area contributed by atoms with Crippen LogP contribution in [0.15, 0.2) is 54.6 Å². The van der Waals surface area contributed by atoms with Gasteiger partial charge >= 0.3 is 0 Å². The van der Waals surface area contributed by atoms with Crippen molar-refractivity contribution in [3.05, 3.63) is 65.7 Å². The molecule has 3 rings (SSSR count). The molecule has 2 aromatic carbocycles. The second-order valence-electron chi connectivity index (χ2n) is 6.45. The van der Waals surface area contributed by atoms with Crippen LogP contribution in [0.1, 0.15) is 23.6 Å². The van der Waals surface area contributed by atoms with E-state index in [0.717, 1.165) is 38.4 Å². The Balaban J connectivity index is 1.83. The Bertz CT molecular complexity index is 612. The number of nitrogens with zero attached hydrogens (tertiary/aromatic N) is 2. The van der Waals surface area contributed by atoms with E-state index < -0.39 is 0 Å². The fourth-order valence-electron chi connectivity index (χ4n) is 3.19. The summed E-state index contributed by atoms with van der Waals surface area (Å²) in [6.45, 7) is 3.90. The first kappa shape index (κ1) is 16.0. The highest BCUT2D eigenvalue weighted by molar-refractivity contribution is 5.37. The molecule has 1 atom stereocenters. The molecule has 23 heavy (non-hydrogen) atoms. The third kappa shape index (κ3) is 4.12. The number of likely N-dealkylation sites (N-methyl/N-ethyl adjacent to an activating group) is 1. The molecule has 3 nitrogen and oxygen atoms in total. The number of para-hydroxylation sites is 1. The molecule has 1 heterocycles. The fraction of sp³-hybridized carbons (Fsp3) is 0.400. The Hall–Kier alpha value is -1.84. The number of rotatable bonds is 6. The molecule has 0 aliphatic carbocycles. The van der Waals surface area contributed by atoms with Crippen LogP contribution in [-0.4, -0.2) is 43.6 Å². The van der Waals surface area contributed by atoms with Crippen LogP contribution >= 0.6 is 0 Å². The zero-order valence-corrected chi connectivity index (χ0v) is 14.1. The van der Waals surface area contributed by atoms with Crippen molar-refractivity contribution in [1.29, 1.82) is 0 Å². The van der Waals surface area contributed by atoms with Gasteiger partial charge in [0.1, 0.15) is 5.75 Å². The van der Waals surface area contributed by atoms with Gasteiger partial charge in [-0.1, -0.05) is 48.5 Å². The second kappa shape index (κ2) is 7.62. The van der Waals surface area contributed by atoms with E-state index in [-0.39, 0.29) is 0 Å². The minimum absolute atomic E-state index is 0.431. The lowest BCUT2D eigenvalue weighted by Crippen LogP contribution is -2.36. The maximum absolute atomic E-state index is 5.84. The van der Waals surface area contributed by atoms with Crippen LogP contribution < -0.4 is 4.74 Å². The van der Waals surface area contributed by atoms with Gasteiger partial charge < -0.3 is 9.64 Å². The summed E-state index contributed by atoms with van der Waals surface area (Å²) < 4.78 is 5.84. The smallest absolute Gasteiger partial charge is 0.124 e. The Morgan fingerprint density at radius 3 is 2.48 bits per heavy atom. The lowest BCUT2D eigenvalue weighted by atomic mass is 9.98. The standard InChI is InChI=1S/C20H26N2O/c1-21(2)13-14-22(16-17-8-4-3-5-9-17)19-12-15-23-20-11-7-6-10-18(19)20/h3-11,19H,12-16H2,1-2H3/t19-/m0/s1. The highest BCUT2D eigenvalue weighted by atomic mass is 16.5.